The number of hydrogen-bond donors (Lipinski definition) is 2. The molecular formula is C18H24Cl2N2O. The minimum absolute atomic E-state index is 0.0180. The summed E-state index contributed by atoms with van der Waals surface area (Å²) >= 11 is 12.4. The van der Waals surface area contributed by atoms with E-state index < -0.39 is 0 Å². The van der Waals surface area contributed by atoms with E-state index in [1.54, 1.807) is 6.07 Å². The molecule has 1 aromatic rings. The molecule has 2 N–H and O–H groups in total. The smallest absolute Gasteiger partial charge is 0.223 e. The molecule has 1 aliphatic carbocycles. The van der Waals surface area contributed by atoms with Crippen LogP contribution in [0.3, 0.4) is 0 Å². The molecule has 23 heavy (non-hydrogen) atoms. The first-order valence-corrected chi connectivity index (χ1v) is 9.22. The lowest BCUT2D eigenvalue weighted by atomic mass is 9.64. The number of hydrogen-bond acceptors (Lipinski definition) is 2. The van der Waals surface area contributed by atoms with Gasteiger partial charge < -0.3 is 10.6 Å². The van der Waals surface area contributed by atoms with Gasteiger partial charge in [-0.25, -0.2) is 0 Å². The van der Waals surface area contributed by atoms with Crippen LogP contribution in [0.25, 0.3) is 0 Å². The van der Waals surface area contributed by atoms with Crippen LogP contribution in [0.15, 0.2) is 18.2 Å². The second kappa shape index (κ2) is 7.00. The Kier molecular flexibility index (Phi) is 5.19. The summed E-state index contributed by atoms with van der Waals surface area (Å²) in [6, 6.07) is 6.12. The van der Waals surface area contributed by atoms with Crippen LogP contribution in [0.2, 0.25) is 10.0 Å². The summed E-state index contributed by atoms with van der Waals surface area (Å²) in [5, 5.41) is 7.95. The SMILES string of the molecule is C[C@H]1C[C@@H](C(=O)NCC2(c3ccc(Cl)cc3Cl)CCC2)CCN1. The number of amides is 1. The van der Waals surface area contributed by atoms with Gasteiger partial charge >= 0.3 is 0 Å². The van der Waals surface area contributed by atoms with Crippen LogP contribution < -0.4 is 10.6 Å². The molecule has 3 nitrogen and oxygen atoms in total. The highest BCUT2D eigenvalue weighted by molar-refractivity contribution is 6.35. The van der Waals surface area contributed by atoms with Crippen LogP contribution in [-0.2, 0) is 10.2 Å². The summed E-state index contributed by atoms with van der Waals surface area (Å²) in [5.41, 5.74) is 1.10. The van der Waals surface area contributed by atoms with Crippen LogP contribution in [0, 0.1) is 5.92 Å². The van der Waals surface area contributed by atoms with Gasteiger partial charge in [-0.15, -0.1) is 0 Å². The second-order valence-corrected chi connectivity index (χ2v) is 7.90. The minimum Gasteiger partial charge on any atom is -0.355 e. The van der Waals surface area contributed by atoms with Crippen LogP contribution in [-0.4, -0.2) is 25.0 Å². The van der Waals surface area contributed by atoms with Gasteiger partial charge in [0.25, 0.3) is 0 Å². The van der Waals surface area contributed by atoms with Gasteiger partial charge in [0.1, 0.15) is 0 Å². The Balaban J connectivity index is 1.66. The monoisotopic (exact) mass is 354 g/mol. The third-order valence-corrected chi connectivity index (χ3v) is 5.96. The van der Waals surface area contributed by atoms with Crippen molar-refractivity contribution < 1.29 is 4.79 Å². The van der Waals surface area contributed by atoms with Crippen molar-refractivity contribution in [2.45, 2.75) is 50.5 Å². The Morgan fingerprint density at radius 1 is 1.39 bits per heavy atom. The van der Waals surface area contributed by atoms with E-state index in [-0.39, 0.29) is 17.2 Å². The molecule has 0 spiro atoms. The van der Waals surface area contributed by atoms with Crippen LogP contribution in [0.5, 0.6) is 0 Å². The van der Waals surface area contributed by atoms with Crippen molar-refractivity contribution in [2.24, 2.45) is 5.92 Å². The van der Waals surface area contributed by atoms with E-state index in [2.05, 4.69) is 17.6 Å². The number of piperidine rings is 1. The maximum atomic E-state index is 12.5. The molecule has 3 rings (SSSR count). The van der Waals surface area contributed by atoms with E-state index >= 15 is 0 Å². The highest BCUT2D eigenvalue weighted by Crippen LogP contribution is 2.46. The second-order valence-electron chi connectivity index (χ2n) is 7.05. The molecule has 1 amide bonds. The number of benzene rings is 1. The van der Waals surface area contributed by atoms with E-state index in [9.17, 15) is 4.79 Å². The molecule has 1 saturated heterocycles. The number of carbonyl (C=O) groups excluding carboxylic acids is 1. The van der Waals surface area contributed by atoms with Crippen LogP contribution in [0.1, 0.15) is 44.6 Å². The van der Waals surface area contributed by atoms with Gasteiger partial charge in [0.15, 0.2) is 0 Å². The van der Waals surface area contributed by atoms with Gasteiger partial charge in [-0.3, -0.25) is 4.79 Å². The van der Waals surface area contributed by atoms with Gasteiger partial charge in [0, 0.05) is 34.0 Å². The Morgan fingerprint density at radius 2 is 2.17 bits per heavy atom. The molecule has 0 unspecified atom stereocenters. The molecule has 2 fully saturated rings. The van der Waals surface area contributed by atoms with Crippen molar-refractivity contribution in [2.75, 3.05) is 13.1 Å². The molecule has 1 aromatic carbocycles. The van der Waals surface area contributed by atoms with Gasteiger partial charge in [0.05, 0.1) is 0 Å². The topological polar surface area (TPSA) is 41.1 Å². The van der Waals surface area contributed by atoms with E-state index in [1.807, 2.05) is 12.1 Å². The third-order valence-electron chi connectivity index (χ3n) is 5.41. The van der Waals surface area contributed by atoms with E-state index in [1.165, 1.54) is 6.42 Å². The van der Waals surface area contributed by atoms with Crippen molar-refractivity contribution in [3.63, 3.8) is 0 Å². The maximum Gasteiger partial charge on any atom is 0.223 e. The zero-order valence-corrected chi connectivity index (χ0v) is 15.0. The molecule has 5 heteroatoms. The lowest BCUT2D eigenvalue weighted by molar-refractivity contribution is -0.126. The predicted octanol–water partition coefficient (Wildman–Crippen LogP) is 3.92. The maximum absolute atomic E-state index is 12.5. The van der Waals surface area contributed by atoms with E-state index in [0.29, 0.717) is 22.6 Å². The van der Waals surface area contributed by atoms with Crippen LogP contribution >= 0.6 is 23.2 Å². The number of halogens is 2. The fraction of sp³-hybridized carbons (Fsp3) is 0.611. The Hall–Kier alpha value is -0.770. The Morgan fingerprint density at radius 3 is 2.78 bits per heavy atom. The van der Waals surface area contributed by atoms with E-state index in [0.717, 1.165) is 37.8 Å². The zero-order valence-electron chi connectivity index (χ0n) is 13.5. The van der Waals surface area contributed by atoms with Crippen molar-refractivity contribution in [1.29, 1.82) is 0 Å². The predicted molar refractivity (Wildman–Crippen MR) is 95.2 cm³/mol. The fourth-order valence-corrected chi connectivity index (χ4v) is 4.44. The standard InChI is InChI=1S/C18H24Cl2N2O/c1-12-9-13(5-8-21-12)17(23)22-11-18(6-2-7-18)15-4-3-14(19)10-16(15)20/h3-4,10,12-13,21H,2,5-9,11H2,1H3,(H,22,23)/t12-,13-/m0/s1. The average Bonchev–Trinajstić information content (AvgIpc) is 2.47. The summed E-state index contributed by atoms with van der Waals surface area (Å²) in [6.45, 7) is 3.74. The van der Waals surface area contributed by atoms with Gasteiger partial charge in [0.2, 0.25) is 5.91 Å². The van der Waals surface area contributed by atoms with Gasteiger partial charge in [-0.2, -0.15) is 0 Å². The Bertz CT molecular complexity index is 586. The normalized spacial score (nSPS) is 26.4. The quantitative estimate of drug-likeness (QED) is 0.860. The van der Waals surface area contributed by atoms with Crippen molar-refractivity contribution >= 4 is 29.1 Å². The molecule has 0 aromatic heterocycles. The molecule has 2 atom stereocenters. The third kappa shape index (κ3) is 3.67. The molecule has 0 radical (unpaired) electrons. The lowest BCUT2D eigenvalue weighted by Crippen LogP contribution is -2.49. The van der Waals surface area contributed by atoms with E-state index in [4.69, 9.17) is 23.2 Å². The average molecular weight is 355 g/mol. The van der Waals surface area contributed by atoms with Crippen molar-refractivity contribution in [3.05, 3.63) is 33.8 Å². The first-order valence-electron chi connectivity index (χ1n) is 8.47. The largest absolute Gasteiger partial charge is 0.355 e. The first-order chi connectivity index (χ1) is 11.0. The lowest BCUT2D eigenvalue weighted by Gasteiger charge is -2.43. The fourth-order valence-electron chi connectivity index (χ4n) is 3.84. The summed E-state index contributed by atoms with van der Waals surface area (Å²) in [6.07, 6.45) is 5.15. The molecular weight excluding hydrogens is 331 g/mol. The van der Waals surface area contributed by atoms with Gasteiger partial charge in [-0.05, 0) is 56.8 Å². The number of carbonyl (C=O) groups is 1. The highest BCUT2D eigenvalue weighted by atomic mass is 35.5. The van der Waals surface area contributed by atoms with Crippen molar-refractivity contribution in [3.8, 4) is 0 Å². The molecule has 2 aliphatic rings. The minimum atomic E-state index is -0.0180. The summed E-state index contributed by atoms with van der Waals surface area (Å²) in [7, 11) is 0. The molecule has 0 bridgehead atoms. The molecule has 1 saturated carbocycles. The van der Waals surface area contributed by atoms with Gasteiger partial charge in [-0.1, -0.05) is 35.7 Å². The summed E-state index contributed by atoms with van der Waals surface area (Å²) < 4.78 is 0. The zero-order chi connectivity index (χ0) is 16.4. The molecule has 1 aliphatic heterocycles. The molecule has 126 valence electrons. The molecule has 1 heterocycles. The van der Waals surface area contributed by atoms with Crippen LogP contribution in [0.4, 0.5) is 0 Å². The summed E-state index contributed by atoms with van der Waals surface area (Å²) in [5.74, 6) is 0.318. The number of nitrogens with one attached hydrogen (secondary N) is 2. The number of rotatable bonds is 4. The summed E-state index contributed by atoms with van der Waals surface area (Å²) in [4.78, 5) is 12.5. The van der Waals surface area contributed by atoms with Crippen molar-refractivity contribution in [1.82, 2.24) is 10.6 Å². The highest BCUT2D eigenvalue weighted by Gasteiger charge is 2.40. The Labute approximate surface area is 148 Å². The first kappa shape index (κ1) is 17.1.